The molecule has 0 saturated heterocycles. The second-order valence-electron chi connectivity index (χ2n) is 4.58. The molecule has 0 saturated carbocycles. The number of esters is 1. The second-order valence-corrected chi connectivity index (χ2v) is 4.94. The number of hydrogen-bond donors (Lipinski definition) is 1. The molecule has 0 aliphatic carbocycles. The molecule has 1 atom stereocenters. The molecule has 0 aliphatic rings. The van der Waals surface area contributed by atoms with Crippen molar-refractivity contribution in [2.24, 2.45) is 0 Å². The third-order valence-corrected chi connectivity index (χ3v) is 3.30. The Morgan fingerprint density at radius 3 is 2.65 bits per heavy atom. The fourth-order valence-corrected chi connectivity index (χ4v) is 1.99. The van der Waals surface area contributed by atoms with Gasteiger partial charge in [-0.25, -0.2) is 9.78 Å². The van der Waals surface area contributed by atoms with Crippen molar-refractivity contribution >= 4 is 29.2 Å². The number of para-hydroxylation sites is 2. The van der Waals surface area contributed by atoms with E-state index in [-0.39, 0.29) is 10.7 Å². The van der Waals surface area contributed by atoms with Crippen molar-refractivity contribution in [2.75, 3.05) is 12.4 Å². The maximum Gasteiger partial charge on any atom is 0.342 e. The van der Waals surface area contributed by atoms with Crippen LogP contribution in [0.2, 0.25) is 5.15 Å². The summed E-state index contributed by atoms with van der Waals surface area (Å²) in [6.07, 6.45) is 0.445. The molecule has 1 aromatic carbocycles. The quantitative estimate of drug-likeness (QED) is 0.672. The highest BCUT2D eigenvalue weighted by atomic mass is 35.5. The van der Waals surface area contributed by atoms with E-state index >= 15 is 0 Å². The third-order valence-electron chi connectivity index (χ3n) is 3.00. The first-order valence-electron chi connectivity index (χ1n) is 6.78. The number of ether oxygens (including phenoxy) is 2. The summed E-state index contributed by atoms with van der Waals surface area (Å²) in [6, 6.07) is 9.96. The van der Waals surface area contributed by atoms with Crippen molar-refractivity contribution in [1.29, 1.82) is 0 Å². The number of hydrogen-bond acceptors (Lipinski definition) is 5. The van der Waals surface area contributed by atoms with E-state index in [1.54, 1.807) is 30.3 Å². The van der Waals surface area contributed by atoms with Gasteiger partial charge in [0.2, 0.25) is 0 Å². The molecule has 1 heterocycles. The molecule has 2 aromatic rings. The van der Waals surface area contributed by atoms with Gasteiger partial charge in [0.15, 0.2) is 6.10 Å². The van der Waals surface area contributed by atoms with Crippen LogP contribution in [0.4, 0.5) is 5.69 Å². The zero-order valence-corrected chi connectivity index (χ0v) is 13.3. The number of nitrogens with zero attached hydrogens (tertiary/aromatic N) is 1. The first-order chi connectivity index (χ1) is 11.0. The van der Waals surface area contributed by atoms with E-state index in [1.807, 2.05) is 0 Å². The zero-order valence-electron chi connectivity index (χ0n) is 12.6. The summed E-state index contributed by atoms with van der Waals surface area (Å²) in [7, 11) is 1.50. The Hall–Kier alpha value is -2.60. The average molecular weight is 335 g/mol. The molecule has 0 radical (unpaired) electrons. The molecule has 0 fully saturated rings. The van der Waals surface area contributed by atoms with Gasteiger partial charge in [0, 0.05) is 6.20 Å². The number of anilines is 1. The fourth-order valence-electron chi connectivity index (χ4n) is 1.80. The lowest BCUT2D eigenvalue weighted by Gasteiger charge is -2.15. The maximum atomic E-state index is 12.1. The predicted octanol–water partition coefficient (Wildman–Crippen LogP) is 2.93. The Morgan fingerprint density at radius 2 is 1.96 bits per heavy atom. The Balaban J connectivity index is 2.03. The Morgan fingerprint density at radius 1 is 1.22 bits per heavy atom. The molecule has 0 spiro atoms. The van der Waals surface area contributed by atoms with Crippen LogP contribution in [0.3, 0.4) is 0 Å². The van der Waals surface area contributed by atoms with Gasteiger partial charge in [-0.15, -0.1) is 0 Å². The molecule has 0 aliphatic heterocycles. The minimum atomic E-state index is -1.01. The fraction of sp³-hybridized carbons (Fsp3) is 0.188. The van der Waals surface area contributed by atoms with Gasteiger partial charge in [-0.1, -0.05) is 23.7 Å². The molecule has 0 bridgehead atoms. The van der Waals surface area contributed by atoms with Crippen LogP contribution >= 0.6 is 11.6 Å². The van der Waals surface area contributed by atoms with Crippen molar-refractivity contribution in [3.8, 4) is 5.75 Å². The highest BCUT2D eigenvalue weighted by Gasteiger charge is 2.21. The molecule has 2 rings (SSSR count). The molecule has 23 heavy (non-hydrogen) atoms. The number of methoxy groups -OCH3 is 1. The largest absolute Gasteiger partial charge is 0.495 e. The van der Waals surface area contributed by atoms with Crippen LogP contribution in [0.5, 0.6) is 5.75 Å². The van der Waals surface area contributed by atoms with E-state index in [9.17, 15) is 9.59 Å². The number of amides is 1. The predicted molar refractivity (Wildman–Crippen MR) is 85.7 cm³/mol. The van der Waals surface area contributed by atoms with Crippen LogP contribution in [0.15, 0.2) is 42.6 Å². The smallest absolute Gasteiger partial charge is 0.342 e. The van der Waals surface area contributed by atoms with Crippen LogP contribution in [0.1, 0.15) is 17.3 Å². The van der Waals surface area contributed by atoms with Crippen LogP contribution in [-0.4, -0.2) is 30.1 Å². The second kappa shape index (κ2) is 7.60. The van der Waals surface area contributed by atoms with E-state index < -0.39 is 18.0 Å². The molecule has 1 amide bonds. The number of rotatable bonds is 5. The van der Waals surface area contributed by atoms with Gasteiger partial charge >= 0.3 is 5.97 Å². The highest BCUT2D eigenvalue weighted by Crippen LogP contribution is 2.23. The molecule has 1 aromatic heterocycles. The summed E-state index contributed by atoms with van der Waals surface area (Å²) in [5.41, 5.74) is 0.591. The van der Waals surface area contributed by atoms with Gasteiger partial charge < -0.3 is 14.8 Å². The number of carbonyl (C=O) groups excluding carboxylic acids is 2. The number of carbonyl (C=O) groups is 2. The van der Waals surface area contributed by atoms with Crippen molar-refractivity contribution in [3.63, 3.8) is 0 Å². The summed E-state index contributed by atoms with van der Waals surface area (Å²) in [4.78, 5) is 27.9. The summed E-state index contributed by atoms with van der Waals surface area (Å²) in [6.45, 7) is 1.47. The lowest BCUT2D eigenvalue weighted by Crippen LogP contribution is -2.30. The third kappa shape index (κ3) is 4.20. The zero-order chi connectivity index (χ0) is 16.8. The van der Waals surface area contributed by atoms with Gasteiger partial charge in [-0.3, -0.25) is 4.79 Å². The van der Waals surface area contributed by atoms with E-state index in [4.69, 9.17) is 21.1 Å². The van der Waals surface area contributed by atoms with Gasteiger partial charge in [0.05, 0.1) is 18.4 Å². The molecule has 1 N–H and O–H groups in total. The number of benzene rings is 1. The van der Waals surface area contributed by atoms with E-state index in [0.29, 0.717) is 11.4 Å². The van der Waals surface area contributed by atoms with Crippen LogP contribution in [0.25, 0.3) is 0 Å². The number of nitrogens with one attached hydrogen (secondary N) is 1. The van der Waals surface area contributed by atoms with Crippen molar-refractivity contribution in [1.82, 2.24) is 4.98 Å². The average Bonchev–Trinajstić information content (AvgIpc) is 2.55. The monoisotopic (exact) mass is 334 g/mol. The standard InChI is InChI=1S/C16H15ClN2O4/c1-10(23-16(21)11-6-5-9-18-14(11)17)15(20)19-12-7-3-4-8-13(12)22-2/h3-10H,1-2H3,(H,19,20). The van der Waals surface area contributed by atoms with E-state index in [2.05, 4.69) is 10.3 Å². The first-order valence-corrected chi connectivity index (χ1v) is 7.16. The van der Waals surface area contributed by atoms with Crippen molar-refractivity contribution < 1.29 is 19.1 Å². The minimum Gasteiger partial charge on any atom is -0.495 e. The Labute approximate surface area is 138 Å². The molecule has 120 valence electrons. The van der Waals surface area contributed by atoms with Gasteiger partial charge in [0.25, 0.3) is 5.91 Å². The van der Waals surface area contributed by atoms with Crippen molar-refractivity contribution in [3.05, 3.63) is 53.3 Å². The number of pyridine rings is 1. The van der Waals surface area contributed by atoms with Crippen LogP contribution < -0.4 is 10.1 Å². The Kier molecular flexibility index (Phi) is 5.54. The van der Waals surface area contributed by atoms with Gasteiger partial charge in [0.1, 0.15) is 10.9 Å². The molecule has 7 heteroatoms. The highest BCUT2D eigenvalue weighted by molar-refractivity contribution is 6.32. The van der Waals surface area contributed by atoms with Gasteiger partial charge in [-0.2, -0.15) is 0 Å². The summed E-state index contributed by atoms with van der Waals surface area (Å²) in [5, 5.41) is 2.67. The Bertz CT molecular complexity index is 721. The SMILES string of the molecule is COc1ccccc1NC(=O)C(C)OC(=O)c1cccnc1Cl. The summed E-state index contributed by atoms with van der Waals surface area (Å²) < 4.78 is 10.3. The molecular formula is C16H15ClN2O4. The molecule has 6 nitrogen and oxygen atoms in total. The van der Waals surface area contributed by atoms with Crippen LogP contribution in [-0.2, 0) is 9.53 Å². The number of halogens is 1. The van der Waals surface area contributed by atoms with Gasteiger partial charge in [-0.05, 0) is 31.2 Å². The van der Waals surface area contributed by atoms with Crippen molar-refractivity contribution in [2.45, 2.75) is 13.0 Å². The normalized spacial score (nSPS) is 11.4. The maximum absolute atomic E-state index is 12.1. The summed E-state index contributed by atoms with van der Waals surface area (Å²) >= 11 is 5.82. The lowest BCUT2D eigenvalue weighted by atomic mass is 10.2. The lowest BCUT2D eigenvalue weighted by molar-refractivity contribution is -0.123. The molecule has 1 unspecified atom stereocenters. The van der Waals surface area contributed by atoms with E-state index in [0.717, 1.165) is 0 Å². The minimum absolute atomic E-state index is 0.0230. The first kappa shape index (κ1) is 16.8. The molecular weight excluding hydrogens is 320 g/mol. The summed E-state index contributed by atoms with van der Waals surface area (Å²) in [5.74, 6) is -0.691. The topological polar surface area (TPSA) is 77.5 Å². The van der Waals surface area contributed by atoms with E-state index in [1.165, 1.54) is 26.3 Å². The number of aromatic nitrogens is 1. The van der Waals surface area contributed by atoms with Crippen LogP contribution in [0, 0.1) is 0 Å².